The van der Waals surface area contributed by atoms with Crippen LogP contribution in [0.1, 0.15) is 66.6 Å². The monoisotopic (exact) mass is 576 g/mol. The minimum Gasteiger partial charge on any atom is -0.478 e. The molecule has 1 aromatic heterocycles. The number of benzene rings is 2. The largest absolute Gasteiger partial charge is 0.478 e. The van der Waals surface area contributed by atoms with E-state index in [0.717, 1.165) is 25.7 Å². The first-order valence-electron chi connectivity index (χ1n) is 12.2. The Hall–Kier alpha value is -2.78. The summed E-state index contributed by atoms with van der Waals surface area (Å²) >= 11 is 13.7. The number of nitrogens with zero attached hydrogens (tertiary/aromatic N) is 1. The summed E-state index contributed by atoms with van der Waals surface area (Å²) in [6.07, 6.45) is 6.50. The maximum absolute atomic E-state index is 15.7. The van der Waals surface area contributed by atoms with Crippen LogP contribution in [0.3, 0.4) is 0 Å². The number of carbonyl (C=O) groups is 2. The minimum atomic E-state index is -1.10. The molecule has 1 atom stereocenters. The zero-order chi connectivity index (χ0) is 27.4. The van der Waals surface area contributed by atoms with E-state index in [4.69, 9.17) is 33.0 Å². The highest BCUT2D eigenvalue weighted by atomic mass is 35.5. The molecule has 38 heavy (non-hydrogen) atoms. The van der Waals surface area contributed by atoms with E-state index < -0.39 is 11.9 Å². The third kappa shape index (κ3) is 6.26. The maximum Gasteiger partial charge on any atom is 0.331 e. The fraction of sp³-hybridized carbons (Fsp3) is 0.321. The normalized spacial score (nSPS) is 15.3. The lowest BCUT2D eigenvalue weighted by Gasteiger charge is -2.30. The summed E-state index contributed by atoms with van der Waals surface area (Å²) in [6.45, 7) is 1.42. The van der Waals surface area contributed by atoms with Crippen LogP contribution in [-0.4, -0.2) is 29.1 Å². The van der Waals surface area contributed by atoms with Gasteiger partial charge < -0.3 is 9.84 Å². The number of hydrogen-bond acceptors (Lipinski definition) is 5. The van der Waals surface area contributed by atoms with Gasteiger partial charge in [-0.3, -0.25) is 10.1 Å². The highest BCUT2D eigenvalue weighted by Gasteiger charge is 2.28. The Morgan fingerprint density at radius 1 is 1.21 bits per heavy atom. The first kappa shape index (κ1) is 28.2. The molecule has 1 amide bonds. The molecule has 0 saturated heterocycles. The Balaban J connectivity index is 1.54. The van der Waals surface area contributed by atoms with Crippen molar-refractivity contribution in [2.45, 2.75) is 45.1 Å². The Labute approximate surface area is 234 Å². The second-order valence-electron chi connectivity index (χ2n) is 9.24. The molecule has 10 heteroatoms. The minimum absolute atomic E-state index is 0.0492. The number of carboxylic acids is 1. The van der Waals surface area contributed by atoms with Crippen LogP contribution in [0.2, 0.25) is 10.0 Å². The molecule has 1 aliphatic rings. The van der Waals surface area contributed by atoms with Gasteiger partial charge in [0.25, 0.3) is 5.91 Å². The number of nitrogens with one attached hydrogen (secondary N) is 1. The van der Waals surface area contributed by atoms with Crippen molar-refractivity contribution in [3.8, 4) is 11.3 Å². The molecule has 3 aromatic rings. The van der Waals surface area contributed by atoms with Crippen molar-refractivity contribution < 1.29 is 23.8 Å². The van der Waals surface area contributed by atoms with Gasteiger partial charge in [-0.25, -0.2) is 14.2 Å². The quantitative estimate of drug-likeness (QED) is 0.263. The Morgan fingerprint density at radius 3 is 2.53 bits per heavy atom. The van der Waals surface area contributed by atoms with Crippen molar-refractivity contribution in [1.29, 1.82) is 0 Å². The van der Waals surface area contributed by atoms with E-state index in [-0.39, 0.29) is 44.2 Å². The molecule has 1 saturated carbocycles. The van der Waals surface area contributed by atoms with Crippen molar-refractivity contribution in [3.63, 3.8) is 0 Å². The number of aliphatic carboxylic acids is 1. The number of methoxy groups -OCH3 is 1. The standard InChI is InChI=1S/C28H27Cl2FN2O4S/c1-15(27(35)36)11-20-21(29)12-17(13-22(20)30)26(34)33-28-32-23(14-38-28)18-9-6-10-19(24(18)31)25(37-2)16-7-4-3-5-8-16/h6,9-14,16,25H,3-5,7-8H2,1-2H3,(H,35,36)(H,32,33,34). The lowest BCUT2D eigenvalue weighted by molar-refractivity contribution is -0.132. The van der Waals surface area contributed by atoms with Crippen molar-refractivity contribution in [2.75, 3.05) is 12.4 Å². The molecule has 200 valence electrons. The summed E-state index contributed by atoms with van der Waals surface area (Å²) < 4.78 is 21.4. The van der Waals surface area contributed by atoms with Crippen LogP contribution < -0.4 is 5.32 Å². The van der Waals surface area contributed by atoms with Gasteiger partial charge in [-0.2, -0.15) is 0 Å². The Morgan fingerprint density at radius 2 is 1.89 bits per heavy atom. The van der Waals surface area contributed by atoms with Crippen molar-refractivity contribution in [2.24, 2.45) is 5.92 Å². The highest BCUT2D eigenvalue weighted by molar-refractivity contribution is 7.14. The van der Waals surface area contributed by atoms with Crippen molar-refractivity contribution in [3.05, 3.63) is 73.8 Å². The summed E-state index contributed by atoms with van der Waals surface area (Å²) in [6, 6.07) is 8.03. The number of aromatic nitrogens is 1. The number of anilines is 1. The van der Waals surface area contributed by atoms with Gasteiger partial charge in [0.15, 0.2) is 5.13 Å². The van der Waals surface area contributed by atoms with E-state index in [1.54, 1.807) is 30.7 Å². The van der Waals surface area contributed by atoms with Gasteiger partial charge in [0, 0.05) is 40.3 Å². The molecule has 0 bridgehead atoms. The van der Waals surface area contributed by atoms with Crippen LogP contribution in [0.4, 0.5) is 9.52 Å². The van der Waals surface area contributed by atoms with Crippen LogP contribution in [0.25, 0.3) is 17.3 Å². The summed E-state index contributed by atoms with van der Waals surface area (Å²) in [7, 11) is 1.62. The lowest BCUT2D eigenvalue weighted by Crippen LogP contribution is -2.19. The topological polar surface area (TPSA) is 88.5 Å². The molecule has 6 nitrogen and oxygen atoms in total. The number of halogens is 3. The van der Waals surface area contributed by atoms with Gasteiger partial charge in [-0.1, -0.05) is 54.6 Å². The smallest absolute Gasteiger partial charge is 0.331 e. The number of rotatable bonds is 8. The molecule has 0 radical (unpaired) electrons. The van der Waals surface area contributed by atoms with E-state index in [2.05, 4.69) is 10.3 Å². The van der Waals surface area contributed by atoms with E-state index in [9.17, 15) is 9.59 Å². The van der Waals surface area contributed by atoms with Crippen LogP contribution in [-0.2, 0) is 9.53 Å². The Bertz CT molecular complexity index is 1360. The number of ether oxygens (including phenoxy) is 1. The van der Waals surface area contributed by atoms with Gasteiger partial charge in [0.1, 0.15) is 5.82 Å². The molecule has 2 aromatic carbocycles. The van der Waals surface area contributed by atoms with E-state index in [1.807, 2.05) is 0 Å². The van der Waals surface area contributed by atoms with Crippen molar-refractivity contribution >= 4 is 57.6 Å². The van der Waals surface area contributed by atoms with Gasteiger partial charge in [-0.05, 0) is 50.0 Å². The van der Waals surface area contributed by atoms with Gasteiger partial charge in [0.05, 0.1) is 21.8 Å². The molecule has 0 aliphatic heterocycles. The molecule has 1 fully saturated rings. The number of hydrogen-bond donors (Lipinski definition) is 2. The number of carboxylic acid groups (broad SMARTS) is 1. The Kier molecular flexibility index (Phi) is 9.20. The van der Waals surface area contributed by atoms with Crippen LogP contribution in [0.15, 0.2) is 41.3 Å². The fourth-order valence-corrected chi connectivity index (χ4v) is 6.04. The zero-order valence-electron chi connectivity index (χ0n) is 20.9. The predicted octanol–water partition coefficient (Wildman–Crippen LogP) is 8.26. The van der Waals surface area contributed by atoms with E-state index in [1.165, 1.54) is 42.9 Å². The summed E-state index contributed by atoms with van der Waals surface area (Å²) in [4.78, 5) is 28.4. The first-order valence-corrected chi connectivity index (χ1v) is 13.8. The summed E-state index contributed by atoms with van der Waals surface area (Å²) in [5.74, 6) is -1.71. The zero-order valence-corrected chi connectivity index (χ0v) is 23.2. The van der Waals surface area contributed by atoms with Crippen LogP contribution in [0, 0.1) is 11.7 Å². The second-order valence-corrected chi connectivity index (χ2v) is 10.9. The molecule has 2 N–H and O–H groups in total. The molecule has 0 spiro atoms. The molecular formula is C28H27Cl2FN2O4S. The molecular weight excluding hydrogens is 550 g/mol. The van der Waals surface area contributed by atoms with Gasteiger partial charge in [-0.15, -0.1) is 11.3 Å². The third-order valence-corrected chi connectivity index (χ3v) is 8.09. The van der Waals surface area contributed by atoms with Gasteiger partial charge >= 0.3 is 5.97 Å². The summed E-state index contributed by atoms with van der Waals surface area (Å²) in [5, 5.41) is 14.0. The van der Waals surface area contributed by atoms with E-state index >= 15 is 4.39 Å². The molecule has 4 rings (SSSR count). The molecule has 1 heterocycles. The lowest BCUT2D eigenvalue weighted by atomic mass is 9.82. The van der Waals surface area contributed by atoms with Gasteiger partial charge in [0.2, 0.25) is 0 Å². The summed E-state index contributed by atoms with van der Waals surface area (Å²) in [5.41, 5.74) is 1.79. The van der Waals surface area contributed by atoms with Crippen LogP contribution in [0.5, 0.6) is 0 Å². The number of amides is 1. The van der Waals surface area contributed by atoms with Crippen molar-refractivity contribution in [1.82, 2.24) is 4.98 Å². The van der Waals surface area contributed by atoms with E-state index in [0.29, 0.717) is 22.4 Å². The third-order valence-electron chi connectivity index (χ3n) is 6.71. The fourth-order valence-electron chi connectivity index (χ4n) is 4.73. The maximum atomic E-state index is 15.7. The molecule has 1 aliphatic carbocycles. The SMILES string of the molecule is COC(c1cccc(-c2csc(NC(=O)c3cc(Cl)c(C=C(C)C(=O)O)c(Cl)c3)n2)c1F)C1CCCCC1. The second kappa shape index (κ2) is 12.4. The van der Waals surface area contributed by atoms with Crippen LogP contribution >= 0.6 is 34.5 Å². The average Bonchev–Trinajstić information content (AvgIpc) is 3.36. The highest BCUT2D eigenvalue weighted by Crippen LogP contribution is 2.39. The number of carbonyl (C=O) groups excluding carboxylic acids is 1. The molecule has 1 unspecified atom stereocenters. The number of thiazole rings is 1. The average molecular weight is 578 g/mol. The first-order chi connectivity index (χ1) is 18.2. The predicted molar refractivity (Wildman–Crippen MR) is 150 cm³/mol.